The molecule has 18 heavy (non-hydrogen) atoms. The van der Waals surface area contributed by atoms with Crippen molar-refractivity contribution in [3.05, 3.63) is 24.3 Å². The first-order valence-corrected chi connectivity index (χ1v) is 5.53. The van der Waals surface area contributed by atoms with Gasteiger partial charge in [0.2, 0.25) is 0 Å². The molecular weight excluding hydrogens is 234 g/mol. The van der Waals surface area contributed by atoms with Gasteiger partial charge in [0.05, 0.1) is 6.42 Å². The molecule has 0 heterocycles. The lowest BCUT2D eigenvalue weighted by Gasteiger charge is -2.14. The largest absolute Gasteiger partial charge is 0.481 e. The third-order valence-electron chi connectivity index (χ3n) is 2.24. The summed E-state index contributed by atoms with van der Waals surface area (Å²) in [6.07, 6.45) is -0.0921. The maximum absolute atomic E-state index is 11.4. The third kappa shape index (κ3) is 4.73. The predicted molar refractivity (Wildman–Crippen MR) is 70.0 cm³/mol. The summed E-state index contributed by atoms with van der Waals surface area (Å²) >= 11 is 0. The number of hydrogen-bond donors (Lipinski definition) is 3. The molecule has 6 nitrogen and oxygen atoms in total. The summed E-state index contributed by atoms with van der Waals surface area (Å²) in [5.41, 5.74) is 1.63. The van der Waals surface area contributed by atoms with Gasteiger partial charge in [-0.1, -0.05) is 6.07 Å². The van der Waals surface area contributed by atoms with E-state index in [-0.39, 0.29) is 13.0 Å². The van der Waals surface area contributed by atoms with Crippen molar-refractivity contribution in [1.82, 2.24) is 5.32 Å². The molecule has 2 amide bonds. The van der Waals surface area contributed by atoms with Crippen molar-refractivity contribution >= 4 is 23.4 Å². The lowest BCUT2D eigenvalue weighted by molar-refractivity contribution is -0.136. The van der Waals surface area contributed by atoms with Gasteiger partial charge >= 0.3 is 12.0 Å². The average molecular weight is 251 g/mol. The topological polar surface area (TPSA) is 81.7 Å². The number of nitrogens with one attached hydrogen (secondary N) is 2. The Labute approximate surface area is 106 Å². The number of rotatable bonds is 5. The molecule has 0 spiro atoms. The summed E-state index contributed by atoms with van der Waals surface area (Å²) in [5.74, 6) is -0.940. The van der Waals surface area contributed by atoms with E-state index in [0.29, 0.717) is 5.69 Å². The van der Waals surface area contributed by atoms with Crippen molar-refractivity contribution < 1.29 is 14.7 Å². The van der Waals surface area contributed by atoms with Gasteiger partial charge in [0.1, 0.15) is 0 Å². The molecule has 0 atom stereocenters. The van der Waals surface area contributed by atoms with E-state index in [4.69, 9.17) is 5.11 Å². The minimum Gasteiger partial charge on any atom is -0.481 e. The molecule has 98 valence electrons. The summed E-state index contributed by atoms with van der Waals surface area (Å²) < 4.78 is 0. The number of aliphatic carboxylic acids is 1. The van der Waals surface area contributed by atoms with Crippen LogP contribution in [0.15, 0.2) is 24.3 Å². The van der Waals surface area contributed by atoms with Gasteiger partial charge < -0.3 is 20.6 Å². The van der Waals surface area contributed by atoms with Crippen molar-refractivity contribution in [2.75, 3.05) is 30.9 Å². The van der Waals surface area contributed by atoms with E-state index in [1.54, 1.807) is 6.07 Å². The quantitative estimate of drug-likeness (QED) is 0.737. The molecule has 6 heteroatoms. The van der Waals surface area contributed by atoms with Crippen molar-refractivity contribution in [3.63, 3.8) is 0 Å². The molecule has 0 radical (unpaired) electrons. The average Bonchev–Trinajstić information content (AvgIpc) is 2.28. The van der Waals surface area contributed by atoms with Crippen molar-refractivity contribution in [2.24, 2.45) is 0 Å². The summed E-state index contributed by atoms with van der Waals surface area (Å²) in [6.45, 7) is 0.106. The SMILES string of the molecule is CN(C)c1cccc(NC(=O)NCCC(=O)O)c1. The number of amides is 2. The zero-order valence-corrected chi connectivity index (χ0v) is 10.4. The van der Waals surface area contributed by atoms with Crippen LogP contribution in [0.4, 0.5) is 16.2 Å². The van der Waals surface area contributed by atoms with Crippen LogP contribution in [0.5, 0.6) is 0 Å². The zero-order chi connectivity index (χ0) is 13.5. The third-order valence-corrected chi connectivity index (χ3v) is 2.24. The molecule has 0 bridgehead atoms. The van der Waals surface area contributed by atoms with Gasteiger partial charge in [-0.3, -0.25) is 4.79 Å². The second-order valence-electron chi connectivity index (χ2n) is 3.97. The van der Waals surface area contributed by atoms with Gasteiger partial charge in [-0.15, -0.1) is 0 Å². The van der Waals surface area contributed by atoms with Crippen molar-refractivity contribution in [2.45, 2.75) is 6.42 Å². The van der Waals surface area contributed by atoms with Crippen LogP contribution in [-0.2, 0) is 4.79 Å². The first-order chi connectivity index (χ1) is 8.49. The van der Waals surface area contributed by atoms with Crippen LogP contribution in [0.2, 0.25) is 0 Å². The molecule has 0 saturated carbocycles. The summed E-state index contributed by atoms with van der Waals surface area (Å²) in [4.78, 5) is 23.7. The van der Waals surface area contributed by atoms with Crippen molar-refractivity contribution in [3.8, 4) is 0 Å². The van der Waals surface area contributed by atoms with Crippen LogP contribution in [0.1, 0.15) is 6.42 Å². The van der Waals surface area contributed by atoms with Crippen molar-refractivity contribution in [1.29, 1.82) is 0 Å². The Kier molecular flexibility index (Phi) is 4.98. The Morgan fingerprint density at radius 1 is 1.33 bits per heavy atom. The van der Waals surface area contributed by atoms with Crippen LogP contribution in [0, 0.1) is 0 Å². The zero-order valence-electron chi connectivity index (χ0n) is 10.4. The van der Waals surface area contributed by atoms with E-state index in [2.05, 4.69) is 10.6 Å². The lowest BCUT2D eigenvalue weighted by atomic mass is 10.2. The molecule has 0 fully saturated rings. The Balaban J connectivity index is 2.49. The monoisotopic (exact) mass is 251 g/mol. The highest BCUT2D eigenvalue weighted by Crippen LogP contribution is 2.16. The van der Waals surface area contributed by atoms with Crippen LogP contribution >= 0.6 is 0 Å². The van der Waals surface area contributed by atoms with Gasteiger partial charge in [0.15, 0.2) is 0 Å². The molecule has 0 aliphatic carbocycles. The second-order valence-corrected chi connectivity index (χ2v) is 3.97. The first-order valence-electron chi connectivity index (χ1n) is 5.53. The van der Waals surface area contributed by atoms with Crippen LogP contribution in [-0.4, -0.2) is 37.7 Å². The highest BCUT2D eigenvalue weighted by atomic mass is 16.4. The predicted octanol–water partition coefficient (Wildman–Crippen LogP) is 1.35. The number of carboxylic acids is 1. The number of carbonyl (C=O) groups is 2. The molecular formula is C12H17N3O3. The van der Waals surface area contributed by atoms with Gasteiger partial charge in [-0.05, 0) is 18.2 Å². The van der Waals surface area contributed by atoms with Crippen LogP contribution in [0.3, 0.4) is 0 Å². The standard InChI is InChI=1S/C12H17N3O3/c1-15(2)10-5-3-4-9(8-10)14-12(18)13-7-6-11(16)17/h3-5,8H,6-7H2,1-2H3,(H,16,17)(H2,13,14,18). The van der Waals surface area contributed by atoms with E-state index in [1.165, 1.54) is 0 Å². The minimum absolute atomic E-state index is 0.0921. The highest BCUT2D eigenvalue weighted by Gasteiger charge is 2.04. The van der Waals surface area contributed by atoms with E-state index in [1.807, 2.05) is 37.2 Å². The van der Waals surface area contributed by atoms with Gasteiger partial charge in [0, 0.05) is 32.0 Å². The molecule has 3 N–H and O–H groups in total. The molecule has 0 aliphatic heterocycles. The normalized spacial score (nSPS) is 9.67. The highest BCUT2D eigenvalue weighted by molar-refractivity contribution is 5.90. The maximum atomic E-state index is 11.4. The van der Waals surface area contributed by atoms with E-state index in [0.717, 1.165) is 5.69 Å². The molecule has 0 saturated heterocycles. The molecule has 0 unspecified atom stereocenters. The van der Waals surface area contributed by atoms with E-state index >= 15 is 0 Å². The molecule has 0 aliphatic rings. The van der Waals surface area contributed by atoms with E-state index < -0.39 is 12.0 Å². The smallest absolute Gasteiger partial charge is 0.319 e. The molecule has 1 aromatic carbocycles. The maximum Gasteiger partial charge on any atom is 0.319 e. The van der Waals surface area contributed by atoms with Gasteiger partial charge in [-0.25, -0.2) is 4.79 Å². The Morgan fingerprint density at radius 3 is 2.67 bits per heavy atom. The fourth-order valence-corrected chi connectivity index (χ4v) is 1.32. The summed E-state index contributed by atoms with van der Waals surface area (Å²) in [5, 5.41) is 13.5. The van der Waals surface area contributed by atoms with Crippen LogP contribution in [0.25, 0.3) is 0 Å². The summed E-state index contributed by atoms with van der Waals surface area (Å²) in [7, 11) is 3.82. The Morgan fingerprint density at radius 2 is 2.06 bits per heavy atom. The second kappa shape index (κ2) is 6.48. The minimum atomic E-state index is -0.940. The summed E-state index contributed by atoms with van der Waals surface area (Å²) in [6, 6.07) is 6.95. The number of anilines is 2. The molecule has 0 aromatic heterocycles. The number of hydrogen-bond acceptors (Lipinski definition) is 3. The number of benzene rings is 1. The van der Waals surface area contributed by atoms with Crippen LogP contribution < -0.4 is 15.5 Å². The lowest BCUT2D eigenvalue weighted by Crippen LogP contribution is -2.30. The number of carboxylic acid groups (broad SMARTS) is 1. The number of urea groups is 1. The Bertz CT molecular complexity index is 432. The van der Waals surface area contributed by atoms with Gasteiger partial charge in [-0.2, -0.15) is 0 Å². The fraction of sp³-hybridized carbons (Fsp3) is 0.333. The fourth-order valence-electron chi connectivity index (χ4n) is 1.32. The number of nitrogens with zero attached hydrogens (tertiary/aromatic N) is 1. The Hall–Kier alpha value is -2.24. The van der Waals surface area contributed by atoms with Gasteiger partial charge in [0.25, 0.3) is 0 Å². The first kappa shape index (κ1) is 13.8. The number of carbonyl (C=O) groups excluding carboxylic acids is 1. The van der Waals surface area contributed by atoms with E-state index in [9.17, 15) is 9.59 Å². The molecule has 1 rings (SSSR count). The molecule has 1 aromatic rings.